The average Bonchev–Trinajstić information content (AvgIpc) is 3.21. The summed E-state index contributed by atoms with van der Waals surface area (Å²) in [5, 5.41) is 2.51. The van der Waals surface area contributed by atoms with Crippen LogP contribution in [0.2, 0.25) is 0 Å². The second-order valence-corrected chi connectivity index (χ2v) is 13.3. The van der Waals surface area contributed by atoms with Crippen molar-refractivity contribution in [2.24, 2.45) is 15.8 Å². The van der Waals surface area contributed by atoms with Crippen molar-refractivity contribution in [3.63, 3.8) is 0 Å². The number of para-hydroxylation sites is 2. The molecule has 2 aliphatic heterocycles. The lowest BCUT2D eigenvalue weighted by Gasteiger charge is -2.31. The van der Waals surface area contributed by atoms with Gasteiger partial charge in [-0.15, -0.1) is 0 Å². The van der Waals surface area contributed by atoms with Crippen LogP contribution in [0.25, 0.3) is 0 Å². The molecule has 0 fully saturated rings. The zero-order valence-corrected chi connectivity index (χ0v) is 25.5. The van der Waals surface area contributed by atoms with Crippen molar-refractivity contribution in [1.29, 1.82) is 0 Å². The second kappa shape index (κ2) is 10.1. The maximum atomic E-state index is 4.79. The fourth-order valence-corrected chi connectivity index (χ4v) is 6.81. The van der Waals surface area contributed by atoms with Crippen LogP contribution in [-0.2, 0) is 10.8 Å². The molecule has 200 valence electrons. The van der Waals surface area contributed by atoms with Gasteiger partial charge in [0.05, 0.1) is 22.5 Å². The van der Waals surface area contributed by atoms with E-state index in [1.807, 2.05) is 0 Å². The monoisotopic (exact) mass is 526 g/mol. The van der Waals surface area contributed by atoms with Crippen LogP contribution in [0.5, 0.6) is 0 Å². The second-order valence-electron chi connectivity index (χ2n) is 13.1. The smallest absolute Gasteiger partial charge is 0.209 e. The molecule has 0 atom stereocenters. The minimum Gasteiger partial charge on any atom is -0.347 e. The Morgan fingerprint density at radius 3 is 2.21 bits per heavy atom. The molecule has 0 unspecified atom stereocenters. The fraction of sp³-hybridized carbons (Fsp3) is 0.471. The van der Waals surface area contributed by atoms with Gasteiger partial charge in [-0.2, -0.15) is 4.58 Å². The molecule has 2 aromatic rings. The molecule has 2 aromatic carbocycles. The van der Waals surface area contributed by atoms with Crippen LogP contribution in [-0.4, -0.2) is 35.6 Å². The molecule has 0 spiro atoms. The lowest BCUT2D eigenvalue weighted by molar-refractivity contribution is -0.442. The average molecular weight is 527 g/mol. The molecule has 4 heteroatoms. The number of aliphatic imine (C=N–C) groups is 1. The number of fused-ring (bicyclic) bond motifs is 2. The summed E-state index contributed by atoms with van der Waals surface area (Å²) in [5.41, 5.74) is 7.82. The van der Waals surface area contributed by atoms with Crippen LogP contribution in [0.1, 0.15) is 72.9 Å². The topological polar surface area (TPSA) is 18.6 Å². The van der Waals surface area contributed by atoms with Gasteiger partial charge in [-0.3, -0.25) is 0 Å². The van der Waals surface area contributed by atoms with Gasteiger partial charge >= 0.3 is 0 Å². The van der Waals surface area contributed by atoms with Gasteiger partial charge in [0.15, 0.2) is 12.3 Å². The molecule has 0 N–H and O–H groups in total. The summed E-state index contributed by atoms with van der Waals surface area (Å²) in [4.78, 5) is 6.53. The molecule has 38 heavy (non-hydrogen) atoms. The van der Waals surface area contributed by atoms with Crippen LogP contribution < -0.4 is 4.90 Å². The standard InChI is InChI=1S/C34H44N3S/c1-31(2,23-29-33(5,6)25-15-10-12-17-27(25)36(29)9)19-20-32(3,4)30-34(7,8)26-16-11-13-18-28(26)37(30)22-14-21-35-24-38/h10-13,15-20,23H,14,21-22H2,1-9H3/q+1/b20-19+,29-23+. The summed E-state index contributed by atoms with van der Waals surface area (Å²) in [5.74, 6) is 0. The van der Waals surface area contributed by atoms with Crippen molar-refractivity contribution in [3.05, 3.63) is 83.6 Å². The Bertz CT molecular complexity index is 1360. The molecular formula is C34H44N3S+. The zero-order valence-electron chi connectivity index (χ0n) is 24.7. The molecule has 0 amide bonds. The molecule has 0 aliphatic carbocycles. The van der Waals surface area contributed by atoms with E-state index in [1.54, 1.807) is 0 Å². The third-order valence-corrected chi connectivity index (χ3v) is 8.56. The van der Waals surface area contributed by atoms with Gasteiger partial charge in [0.2, 0.25) is 5.69 Å². The van der Waals surface area contributed by atoms with Gasteiger partial charge in [-0.1, -0.05) is 82.3 Å². The third kappa shape index (κ3) is 4.97. The molecule has 4 rings (SSSR count). The minimum atomic E-state index is -0.147. The maximum absolute atomic E-state index is 4.79. The number of hydrogen-bond donors (Lipinski definition) is 0. The van der Waals surface area contributed by atoms with Crippen molar-refractivity contribution in [1.82, 2.24) is 0 Å². The number of nitrogens with zero attached hydrogens (tertiary/aromatic N) is 3. The number of benzene rings is 2. The van der Waals surface area contributed by atoms with Crippen molar-refractivity contribution in [3.8, 4) is 0 Å². The molecule has 0 saturated heterocycles. The number of allylic oxidation sites excluding steroid dienone is 4. The highest BCUT2D eigenvalue weighted by Crippen LogP contribution is 2.49. The predicted molar refractivity (Wildman–Crippen MR) is 166 cm³/mol. The molecule has 0 radical (unpaired) electrons. The number of likely N-dealkylation sites (N-methyl/N-ethyl adjacent to an activating group) is 1. The predicted octanol–water partition coefficient (Wildman–Crippen LogP) is 8.48. The highest BCUT2D eigenvalue weighted by Gasteiger charge is 2.51. The van der Waals surface area contributed by atoms with E-state index >= 15 is 0 Å². The third-order valence-electron chi connectivity index (χ3n) is 8.44. The Morgan fingerprint density at radius 1 is 0.921 bits per heavy atom. The van der Waals surface area contributed by atoms with E-state index in [0.717, 1.165) is 13.0 Å². The molecule has 0 aromatic heterocycles. The number of rotatable bonds is 8. The lowest BCUT2D eigenvalue weighted by Crippen LogP contribution is -2.40. The summed E-state index contributed by atoms with van der Waals surface area (Å²) >= 11 is 4.79. The van der Waals surface area contributed by atoms with E-state index < -0.39 is 0 Å². The first kappa shape index (κ1) is 28.2. The molecular weight excluding hydrogens is 482 g/mol. The van der Waals surface area contributed by atoms with Crippen LogP contribution >= 0.6 is 12.2 Å². The Labute approximate surface area is 235 Å². The van der Waals surface area contributed by atoms with Crippen molar-refractivity contribution in [2.75, 3.05) is 25.0 Å². The Balaban J connectivity index is 1.71. The van der Waals surface area contributed by atoms with Crippen LogP contribution in [0, 0.1) is 10.8 Å². The van der Waals surface area contributed by atoms with E-state index in [0.29, 0.717) is 6.54 Å². The maximum Gasteiger partial charge on any atom is 0.209 e. The first-order valence-corrected chi connectivity index (χ1v) is 14.2. The molecule has 2 heterocycles. The Morgan fingerprint density at radius 2 is 1.55 bits per heavy atom. The van der Waals surface area contributed by atoms with Gasteiger partial charge in [0, 0.05) is 47.3 Å². The minimum absolute atomic E-state index is 0.0302. The Hall–Kier alpha value is -2.81. The van der Waals surface area contributed by atoms with E-state index in [-0.39, 0.29) is 21.7 Å². The van der Waals surface area contributed by atoms with Gasteiger partial charge in [0.25, 0.3) is 0 Å². The SMILES string of the molecule is CN1/C(=C/C(C)(C)/C=C/C(C)(C)C2=[N+](CCCN=C=S)c3ccccc3C2(C)C)C(C)(C)c2ccccc21. The normalized spacial score (nSPS) is 19.2. The van der Waals surface area contributed by atoms with Crippen molar-refractivity contribution < 1.29 is 4.58 Å². The lowest BCUT2D eigenvalue weighted by atomic mass is 9.69. The van der Waals surface area contributed by atoms with E-state index in [9.17, 15) is 0 Å². The summed E-state index contributed by atoms with van der Waals surface area (Å²) in [7, 11) is 2.20. The van der Waals surface area contributed by atoms with Crippen LogP contribution in [0.4, 0.5) is 11.4 Å². The molecule has 3 nitrogen and oxygen atoms in total. The highest BCUT2D eigenvalue weighted by molar-refractivity contribution is 7.78. The highest BCUT2D eigenvalue weighted by atomic mass is 32.1. The van der Waals surface area contributed by atoms with E-state index in [4.69, 9.17) is 12.2 Å². The number of isothiocyanates is 1. The van der Waals surface area contributed by atoms with Crippen molar-refractivity contribution >= 4 is 34.5 Å². The number of thiocarbonyl (C=S) groups is 1. The zero-order chi connectivity index (χ0) is 27.9. The van der Waals surface area contributed by atoms with Crippen molar-refractivity contribution in [2.45, 2.75) is 72.6 Å². The number of anilines is 1. The van der Waals surface area contributed by atoms with E-state index in [1.165, 1.54) is 33.9 Å². The van der Waals surface area contributed by atoms with Crippen LogP contribution in [0.15, 0.2) is 77.4 Å². The summed E-state index contributed by atoms with van der Waals surface area (Å²) in [6.45, 7) is 20.4. The molecule has 0 bridgehead atoms. The van der Waals surface area contributed by atoms with Crippen LogP contribution in [0.3, 0.4) is 0 Å². The number of hydrogen-bond acceptors (Lipinski definition) is 3. The van der Waals surface area contributed by atoms with Gasteiger partial charge < -0.3 is 4.90 Å². The summed E-state index contributed by atoms with van der Waals surface area (Å²) in [6.07, 6.45) is 8.24. The first-order valence-electron chi connectivity index (χ1n) is 13.8. The molecule has 2 aliphatic rings. The Kier molecular flexibility index (Phi) is 7.47. The fourth-order valence-electron chi connectivity index (χ4n) is 6.72. The quantitative estimate of drug-likeness (QED) is 0.113. The van der Waals surface area contributed by atoms with E-state index in [2.05, 4.69) is 149 Å². The largest absolute Gasteiger partial charge is 0.347 e. The van der Waals surface area contributed by atoms with Gasteiger partial charge in [-0.25, -0.2) is 4.99 Å². The summed E-state index contributed by atoms with van der Waals surface area (Å²) < 4.78 is 2.54. The summed E-state index contributed by atoms with van der Waals surface area (Å²) in [6, 6.07) is 17.6. The van der Waals surface area contributed by atoms with Gasteiger partial charge in [-0.05, 0) is 51.5 Å². The van der Waals surface area contributed by atoms with Gasteiger partial charge in [0.1, 0.15) is 0 Å². The first-order chi connectivity index (χ1) is 17.7. The molecule has 0 saturated carbocycles.